The summed E-state index contributed by atoms with van der Waals surface area (Å²) in [5.41, 5.74) is 0.747. The molecule has 0 aliphatic heterocycles. The van der Waals surface area contributed by atoms with Gasteiger partial charge >= 0.3 is 5.69 Å². The van der Waals surface area contributed by atoms with E-state index in [-0.39, 0.29) is 5.69 Å². The summed E-state index contributed by atoms with van der Waals surface area (Å²) in [4.78, 5) is 30.4. The molecule has 9 heteroatoms. The summed E-state index contributed by atoms with van der Waals surface area (Å²) in [5.74, 6) is 0.422. The van der Waals surface area contributed by atoms with Crippen LogP contribution < -0.4 is 5.69 Å². The van der Waals surface area contributed by atoms with Crippen LogP contribution in [0.1, 0.15) is 5.56 Å². The van der Waals surface area contributed by atoms with Crippen molar-refractivity contribution in [3.05, 3.63) is 73.8 Å². The predicted molar refractivity (Wildman–Crippen MR) is 86.9 cm³/mol. The molecule has 0 aliphatic carbocycles. The molecule has 3 aromatic rings. The number of non-ortho nitro benzene ring substituents is 1. The SMILES string of the molecule is O=c1nc(SCc2cccc([N+](=O)[O-])c2)nc2ccc(Cl)cn12. The van der Waals surface area contributed by atoms with Gasteiger partial charge in [0.05, 0.1) is 9.95 Å². The van der Waals surface area contributed by atoms with Crippen molar-refractivity contribution < 1.29 is 4.92 Å². The number of thioether (sulfide) groups is 1. The van der Waals surface area contributed by atoms with E-state index in [0.717, 1.165) is 5.56 Å². The van der Waals surface area contributed by atoms with E-state index < -0.39 is 10.6 Å². The molecule has 0 saturated heterocycles. The number of fused-ring (bicyclic) bond motifs is 1. The van der Waals surface area contributed by atoms with Gasteiger partial charge in [-0.3, -0.25) is 10.1 Å². The van der Waals surface area contributed by atoms with Gasteiger partial charge in [0.1, 0.15) is 5.65 Å². The van der Waals surface area contributed by atoms with Gasteiger partial charge in [0.25, 0.3) is 5.69 Å². The van der Waals surface area contributed by atoms with Gasteiger partial charge in [-0.25, -0.2) is 14.2 Å². The molecule has 0 saturated carbocycles. The molecule has 2 aromatic heterocycles. The van der Waals surface area contributed by atoms with Crippen LogP contribution in [-0.2, 0) is 5.75 Å². The monoisotopic (exact) mass is 348 g/mol. The normalized spacial score (nSPS) is 10.8. The Morgan fingerprint density at radius 2 is 2.09 bits per heavy atom. The Morgan fingerprint density at radius 3 is 2.87 bits per heavy atom. The van der Waals surface area contributed by atoms with Crippen molar-refractivity contribution in [2.45, 2.75) is 10.9 Å². The third-order valence-electron chi connectivity index (χ3n) is 2.99. The molecule has 3 rings (SSSR count). The first-order valence-corrected chi connectivity index (χ1v) is 7.81. The molecule has 0 amide bonds. The van der Waals surface area contributed by atoms with Crippen LogP contribution in [0.25, 0.3) is 5.65 Å². The van der Waals surface area contributed by atoms with Crippen molar-refractivity contribution >= 4 is 34.7 Å². The first-order valence-electron chi connectivity index (χ1n) is 6.45. The molecule has 1 aromatic carbocycles. The predicted octanol–water partition coefficient (Wildman–Crippen LogP) is 2.94. The molecule has 0 N–H and O–H groups in total. The van der Waals surface area contributed by atoms with E-state index in [2.05, 4.69) is 9.97 Å². The highest BCUT2D eigenvalue weighted by atomic mass is 35.5. The lowest BCUT2D eigenvalue weighted by Gasteiger charge is -2.03. The fourth-order valence-corrected chi connectivity index (χ4v) is 2.88. The van der Waals surface area contributed by atoms with E-state index in [0.29, 0.717) is 21.6 Å². The average Bonchev–Trinajstić information content (AvgIpc) is 2.54. The minimum absolute atomic E-state index is 0.0252. The average molecular weight is 349 g/mol. The Kier molecular flexibility index (Phi) is 4.26. The third-order valence-corrected chi connectivity index (χ3v) is 4.13. The second-order valence-electron chi connectivity index (χ2n) is 4.58. The number of rotatable bonds is 4. The highest BCUT2D eigenvalue weighted by molar-refractivity contribution is 7.98. The minimum atomic E-state index is -0.473. The number of nitrogens with zero attached hydrogens (tertiary/aromatic N) is 4. The summed E-state index contributed by atoms with van der Waals surface area (Å²) in [5, 5.41) is 11.5. The van der Waals surface area contributed by atoms with Gasteiger partial charge in [0, 0.05) is 24.1 Å². The topological polar surface area (TPSA) is 90.4 Å². The number of halogens is 1. The molecule has 7 nitrogen and oxygen atoms in total. The van der Waals surface area contributed by atoms with Crippen molar-refractivity contribution in [3.8, 4) is 0 Å². The number of hydrogen-bond acceptors (Lipinski definition) is 6. The molecule has 0 aliphatic rings. The van der Waals surface area contributed by atoms with Gasteiger partial charge in [-0.2, -0.15) is 4.98 Å². The van der Waals surface area contributed by atoms with E-state index in [4.69, 9.17) is 11.6 Å². The van der Waals surface area contributed by atoms with Crippen LogP contribution in [0.3, 0.4) is 0 Å². The van der Waals surface area contributed by atoms with Crippen molar-refractivity contribution in [2.75, 3.05) is 0 Å². The van der Waals surface area contributed by atoms with Crippen LogP contribution in [0.4, 0.5) is 5.69 Å². The zero-order valence-corrected chi connectivity index (χ0v) is 13.1. The number of aromatic nitrogens is 3. The molecule has 116 valence electrons. The zero-order valence-electron chi connectivity index (χ0n) is 11.5. The van der Waals surface area contributed by atoms with E-state index in [1.807, 2.05) is 0 Å². The smallest absolute Gasteiger partial charge is 0.258 e. The fourth-order valence-electron chi connectivity index (χ4n) is 1.94. The van der Waals surface area contributed by atoms with Gasteiger partial charge in [0.2, 0.25) is 0 Å². The molecule has 0 bridgehead atoms. The van der Waals surface area contributed by atoms with Gasteiger partial charge in [-0.05, 0) is 17.7 Å². The summed E-state index contributed by atoms with van der Waals surface area (Å²) in [6.07, 6.45) is 1.45. The highest BCUT2D eigenvalue weighted by Crippen LogP contribution is 2.22. The Morgan fingerprint density at radius 1 is 1.26 bits per heavy atom. The van der Waals surface area contributed by atoms with E-state index in [1.165, 1.54) is 34.5 Å². The van der Waals surface area contributed by atoms with Crippen LogP contribution in [0.15, 0.2) is 52.5 Å². The molecule has 0 spiro atoms. The number of nitro benzene ring substituents is 1. The summed E-state index contributed by atoms with van der Waals surface area (Å²) in [6, 6.07) is 9.57. The fraction of sp³-hybridized carbons (Fsp3) is 0.0714. The lowest BCUT2D eigenvalue weighted by Crippen LogP contribution is -2.18. The molecular weight excluding hydrogens is 340 g/mol. The molecule has 0 radical (unpaired) electrons. The Balaban J connectivity index is 1.85. The molecular formula is C14H9ClN4O3S. The largest absolute Gasteiger partial charge is 0.355 e. The third kappa shape index (κ3) is 3.49. The summed E-state index contributed by atoms with van der Waals surface area (Å²) >= 11 is 7.07. The molecule has 0 fully saturated rings. The quantitative estimate of drug-likeness (QED) is 0.409. The van der Waals surface area contributed by atoms with E-state index in [9.17, 15) is 14.9 Å². The molecule has 2 heterocycles. The number of benzene rings is 1. The van der Waals surface area contributed by atoms with Gasteiger partial charge in [-0.1, -0.05) is 35.5 Å². The van der Waals surface area contributed by atoms with Crippen molar-refractivity contribution in [1.29, 1.82) is 0 Å². The lowest BCUT2D eigenvalue weighted by molar-refractivity contribution is -0.384. The molecule has 0 unspecified atom stereocenters. The first-order chi connectivity index (χ1) is 11.0. The lowest BCUT2D eigenvalue weighted by atomic mass is 10.2. The van der Waals surface area contributed by atoms with Crippen molar-refractivity contribution in [2.24, 2.45) is 0 Å². The van der Waals surface area contributed by atoms with Crippen molar-refractivity contribution in [1.82, 2.24) is 14.4 Å². The van der Waals surface area contributed by atoms with Crippen LogP contribution in [0.5, 0.6) is 0 Å². The number of hydrogen-bond donors (Lipinski definition) is 0. The minimum Gasteiger partial charge on any atom is -0.258 e. The zero-order chi connectivity index (χ0) is 16.4. The number of nitro groups is 1. The van der Waals surface area contributed by atoms with Crippen LogP contribution in [0.2, 0.25) is 5.02 Å². The van der Waals surface area contributed by atoms with E-state index in [1.54, 1.807) is 24.3 Å². The van der Waals surface area contributed by atoms with Crippen LogP contribution in [-0.4, -0.2) is 19.3 Å². The van der Waals surface area contributed by atoms with Crippen molar-refractivity contribution in [3.63, 3.8) is 0 Å². The van der Waals surface area contributed by atoms with Crippen LogP contribution in [0, 0.1) is 10.1 Å². The summed E-state index contributed by atoms with van der Waals surface area (Å²) < 4.78 is 1.26. The van der Waals surface area contributed by atoms with Crippen LogP contribution >= 0.6 is 23.4 Å². The Bertz CT molecular complexity index is 960. The van der Waals surface area contributed by atoms with Gasteiger partial charge in [-0.15, -0.1) is 0 Å². The maximum absolute atomic E-state index is 12.0. The Hall–Kier alpha value is -2.45. The molecule has 0 atom stereocenters. The van der Waals surface area contributed by atoms with E-state index >= 15 is 0 Å². The second-order valence-corrected chi connectivity index (χ2v) is 5.96. The second kappa shape index (κ2) is 6.35. The van der Waals surface area contributed by atoms with Gasteiger partial charge in [0.15, 0.2) is 5.16 Å². The van der Waals surface area contributed by atoms with Gasteiger partial charge < -0.3 is 0 Å². The highest BCUT2D eigenvalue weighted by Gasteiger charge is 2.08. The summed E-state index contributed by atoms with van der Waals surface area (Å²) in [6.45, 7) is 0. The number of pyridine rings is 1. The Labute approximate surface area is 139 Å². The maximum atomic E-state index is 12.0. The first kappa shape index (κ1) is 15.4. The maximum Gasteiger partial charge on any atom is 0.355 e. The summed E-state index contributed by atoms with van der Waals surface area (Å²) in [7, 11) is 0. The molecule has 23 heavy (non-hydrogen) atoms. The standard InChI is InChI=1S/C14H9ClN4O3S/c15-10-4-5-12-16-13(17-14(20)18(12)7-10)23-8-9-2-1-3-11(6-9)19(21)22/h1-7H,8H2.